The average Bonchev–Trinajstić information content (AvgIpc) is 3.11. The summed E-state index contributed by atoms with van der Waals surface area (Å²) >= 11 is 0. The Morgan fingerprint density at radius 2 is 2.08 bits per heavy atom. The molecule has 0 aliphatic rings. The molecule has 1 N–H and O–H groups in total. The fraction of sp³-hybridized carbons (Fsp3) is 0.222. The van der Waals surface area contributed by atoms with Gasteiger partial charge in [-0.05, 0) is 25.1 Å². The van der Waals surface area contributed by atoms with Gasteiger partial charge >= 0.3 is 12.1 Å². The van der Waals surface area contributed by atoms with Gasteiger partial charge in [0, 0.05) is 11.6 Å². The van der Waals surface area contributed by atoms with Gasteiger partial charge in [-0.2, -0.15) is 13.2 Å². The lowest BCUT2D eigenvalue weighted by atomic mass is 10.0. The Bertz CT molecular complexity index is 921. The topological polar surface area (TPSA) is 64.4 Å². The van der Waals surface area contributed by atoms with Crippen molar-refractivity contribution >= 4 is 22.6 Å². The molecule has 0 aliphatic heterocycles. The molecule has 136 valence electrons. The van der Waals surface area contributed by atoms with Gasteiger partial charge < -0.3 is 14.5 Å². The van der Waals surface area contributed by atoms with Gasteiger partial charge in [-0.1, -0.05) is 12.1 Å². The fourth-order valence-corrected chi connectivity index (χ4v) is 2.59. The van der Waals surface area contributed by atoms with Crippen LogP contribution in [0, 0.1) is 0 Å². The maximum absolute atomic E-state index is 13.3. The molecule has 3 rings (SSSR count). The second-order valence-electron chi connectivity index (χ2n) is 5.40. The van der Waals surface area contributed by atoms with Crippen molar-refractivity contribution in [3.8, 4) is 0 Å². The van der Waals surface area contributed by atoms with Crippen LogP contribution in [0.5, 0.6) is 0 Å². The molecule has 1 aromatic carbocycles. The molecule has 0 spiro atoms. The van der Waals surface area contributed by atoms with E-state index in [2.05, 4.69) is 10.3 Å². The summed E-state index contributed by atoms with van der Waals surface area (Å²) in [5.41, 5.74) is -0.831. The zero-order chi connectivity index (χ0) is 18.7. The molecule has 0 amide bonds. The minimum absolute atomic E-state index is 0.0604. The molecule has 0 bridgehead atoms. The Balaban J connectivity index is 2.14. The highest BCUT2D eigenvalue weighted by Gasteiger charge is 2.34. The summed E-state index contributed by atoms with van der Waals surface area (Å²) in [6.07, 6.45) is -1.98. The number of aromatic nitrogens is 1. The van der Waals surface area contributed by atoms with E-state index in [1.807, 2.05) is 0 Å². The number of pyridine rings is 1. The van der Waals surface area contributed by atoms with Crippen LogP contribution >= 0.6 is 0 Å². The maximum Gasteiger partial charge on any atom is 0.418 e. The highest BCUT2D eigenvalue weighted by Crippen LogP contribution is 2.37. The van der Waals surface area contributed by atoms with Gasteiger partial charge in [-0.3, -0.25) is 4.98 Å². The van der Waals surface area contributed by atoms with Crippen LogP contribution < -0.4 is 5.32 Å². The third-order valence-corrected chi connectivity index (χ3v) is 3.72. The van der Waals surface area contributed by atoms with Gasteiger partial charge in [0.15, 0.2) is 0 Å². The number of nitrogens with zero attached hydrogens (tertiary/aromatic N) is 1. The van der Waals surface area contributed by atoms with E-state index in [9.17, 15) is 18.0 Å². The number of halogens is 3. The first-order chi connectivity index (χ1) is 12.4. The molecule has 0 saturated heterocycles. The van der Waals surface area contributed by atoms with Gasteiger partial charge in [0.05, 0.1) is 36.2 Å². The van der Waals surface area contributed by atoms with E-state index in [1.165, 1.54) is 18.4 Å². The van der Waals surface area contributed by atoms with Crippen LogP contribution in [-0.4, -0.2) is 17.6 Å². The zero-order valence-corrected chi connectivity index (χ0v) is 13.8. The van der Waals surface area contributed by atoms with Crippen LogP contribution in [-0.2, 0) is 17.5 Å². The van der Waals surface area contributed by atoms with Crippen molar-refractivity contribution in [1.29, 1.82) is 0 Å². The van der Waals surface area contributed by atoms with E-state index in [4.69, 9.17) is 9.15 Å². The molecular weight excluding hydrogens is 349 g/mol. The number of alkyl halides is 3. The number of esters is 1. The SMILES string of the molecule is CCOC(=O)c1cnc2c(C(F)(F)F)cccc2c1NCc1ccco1. The zero-order valence-electron chi connectivity index (χ0n) is 13.8. The maximum atomic E-state index is 13.3. The number of ether oxygens (including phenoxy) is 1. The lowest BCUT2D eigenvalue weighted by molar-refractivity contribution is -0.136. The summed E-state index contributed by atoms with van der Waals surface area (Å²) in [6, 6.07) is 7.11. The number of benzene rings is 1. The first-order valence-electron chi connectivity index (χ1n) is 7.84. The van der Waals surface area contributed by atoms with Gasteiger partial charge in [-0.15, -0.1) is 0 Å². The van der Waals surface area contributed by atoms with E-state index in [1.54, 1.807) is 19.1 Å². The number of para-hydroxylation sites is 1. The summed E-state index contributed by atoms with van der Waals surface area (Å²) < 4.78 is 50.0. The first-order valence-corrected chi connectivity index (χ1v) is 7.84. The molecule has 0 atom stereocenters. The number of hydrogen-bond acceptors (Lipinski definition) is 5. The van der Waals surface area contributed by atoms with Gasteiger partial charge in [0.2, 0.25) is 0 Å². The molecule has 0 radical (unpaired) electrons. The number of nitrogens with one attached hydrogen (secondary N) is 1. The van der Waals surface area contributed by atoms with Crippen LogP contribution in [0.2, 0.25) is 0 Å². The second kappa shape index (κ2) is 7.07. The number of rotatable bonds is 5. The van der Waals surface area contributed by atoms with Crippen molar-refractivity contribution in [3.63, 3.8) is 0 Å². The van der Waals surface area contributed by atoms with Gasteiger partial charge in [0.1, 0.15) is 11.3 Å². The summed E-state index contributed by atoms with van der Waals surface area (Å²) in [7, 11) is 0. The number of furan rings is 1. The Labute approximate surface area is 146 Å². The number of hydrogen-bond donors (Lipinski definition) is 1. The quantitative estimate of drug-likeness (QED) is 0.669. The van der Waals surface area contributed by atoms with E-state index in [-0.39, 0.29) is 35.3 Å². The molecule has 0 aliphatic carbocycles. The summed E-state index contributed by atoms with van der Waals surface area (Å²) in [4.78, 5) is 16.1. The molecule has 5 nitrogen and oxygen atoms in total. The molecule has 2 aromatic heterocycles. The van der Waals surface area contributed by atoms with Crippen molar-refractivity contribution in [1.82, 2.24) is 4.98 Å². The van der Waals surface area contributed by atoms with E-state index in [0.717, 1.165) is 12.3 Å². The minimum Gasteiger partial charge on any atom is -0.467 e. The Kier molecular flexibility index (Phi) is 4.83. The van der Waals surface area contributed by atoms with Crippen LogP contribution in [0.25, 0.3) is 10.9 Å². The molecule has 26 heavy (non-hydrogen) atoms. The smallest absolute Gasteiger partial charge is 0.418 e. The molecule has 8 heteroatoms. The van der Waals surface area contributed by atoms with E-state index >= 15 is 0 Å². The highest BCUT2D eigenvalue weighted by molar-refractivity contribution is 6.05. The second-order valence-corrected chi connectivity index (χ2v) is 5.40. The molecule has 0 unspecified atom stereocenters. The van der Waals surface area contributed by atoms with Crippen molar-refractivity contribution in [2.75, 3.05) is 11.9 Å². The lowest BCUT2D eigenvalue weighted by Crippen LogP contribution is -2.13. The van der Waals surface area contributed by atoms with Crippen LogP contribution in [0.15, 0.2) is 47.2 Å². The fourth-order valence-electron chi connectivity index (χ4n) is 2.59. The highest BCUT2D eigenvalue weighted by atomic mass is 19.4. The van der Waals surface area contributed by atoms with Crippen molar-refractivity contribution in [2.45, 2.75) is 19.6 Å². The number of carbonyl (C=O) groups is 1. The first kappa shape index (κ1) is 17.8. The molecule has 0 saturated carbocycles. The van der Waals surface area contributed by atoms with E-state index < -0.39 is 17.7 Å². The van der Waals surface area contributed by atoms with Crippen LogP contribution in [0.4, 0.5) is 18.9 Å². The van der Waals surface area contributed by atoms with Crippen LogP contribution in [0.1, 0.15) is 28.6 Å². The Hall–Kier alpha value is -3.03. The Morgan fingerprint density at radius 3 is 2.73 bits per heavy atom. The molecule has 0 fully saturated rings. The van der Waals surface area contributed by atoms with Crippen molar-refractivity contribution in [2.24, 2.45) is 0 Å². The summed E-state index contributed by atoms with van der Waals surface area (Å²) in [6.45, 7) is 1.97. The van der Waals surface area contributed by atoms with Crippen molar-refractivity contribution < 1.29 is 27.1 Å². The number of fused-ring (bicyclic) bond motifs is 1. The third kappa shape index (κ3) is 3.49. The number of anilines is 1. The van der Waals surface area contributed by atoms with Crippen LogP contribution in [0.3, 0.4) is 0 Å². The largest absolute Gasteiger partial charge is 0.467 e. The minimum atomic E-state index is -4.56. The monoisotopic (exact) mass is 364 g/mol. The molecule has 2 heterocycles. The molecule has 3 aromatic rings. The lowest BCUT2D eigenvalue weighted by Gasteiger charge is -2.16. The average molecular weight is 364 g/mol. The molecular formula is C18H15F3N2O3. The number of carbonyl (C=O) groups excluding carboxylic acids is 1. The standard InChI is InChI=1S/C18H15F3N2O3/c1-2-25-17(24)13-10-23-16-12(6-3-7-14(16)18(19,20)21)15(13)22-9-11-5-4-8-26-11/h3-8,10H,2,9H2,1H3,(H,22,23). The summed E-state index contributed by atoms with van der Waals surface area (Å²) in [5, 5.41) is 3.15. The summed E-state index contributed by atoms with van der Waals surface area (Å²) in [5.74, 6) is -0.0991. The predicted octanol–water partition coefficient (Wildman–Crippen LogP) is 4.64. The van der Waals surface area contributed by atoms with Gasteiger partial charge in [-0.25, -0.2) is 4.79 Å². The predicted molar refractivity (Wildman–Crippen MR) is 88.7 cm³/mol. The third-order valence-electron chi connectivity index (χ3n) is 3.72. The van der Waals surface area contributed by atoms with E-state index in [0.29, 0.717) is 5.76 Å². The van der Waals surface area contributed by atoms with Gasteiger partial charge in [0.25, 0.3) is 0 Å². The normalized spacial score (nSPS) is 11.5. The Morgan fingerprint density at radius 1 is 1.27 bits per heavy atom. The van der Waals surface area contributed by atoms with Crippen molar-refractivity contribution in [3.05, 3.63) is 59.7 Å².